The summed E-state index contributed by atoms with van der Waals surface area (Å²) in [5.41, 5.74) is 1.39. The molecule has 0 atom stereocenters. The largest absolute Gasteiger partial charge is 0.385 e. The van der Waals surface area contributed by atoms with Crippen LogP contribution in [0.1, 0.15) is 28.2 Å². The predicted molar refractivity (Wildman–Crippen MR) is 62.5 cm³/mol. The zero-order valence-electron chi connectivity index (χ0n) is 9.99. The number of nitrogens with zero attached hydrogens (tertiary/aromatic N) is 2. The number of ether oxygens (including phenoxy) is 1. The van der Waals surface area contributed by atoms with E-state index < -0.39 is 0 Å². The lowest BCUT2D eigenvalue weighted by molar-refractivity contribution is 0.0943. The third-order valence-electron chi connectivity index (χ3n) is 2.25. The number of aromatic nitrogens is 1. The quantitative estimate of drug-likeness (QED) is 0.771. The fourth-order valence-corrected chi connectivity index (χ4v) is 1.31. The summed E-state index contributed by atoms with van der Waals surface area (Å²) in [6.07, 6.45) is 0.761. The van der Waals surface area contributed by atoms with E-state index in [1.165, 1.54) is 0 Å². The molecule has 5 nitrogen and oxygen atoms in total. The number of aryl methyl sites for hydroxylation is 1. The van der Waals surface area contributed by atoms with Gasteiger partial charge in [0.15, 0.2) is 0 Å². The molecule has 1 aromatic rings. The van der Waals surface area contributed by atoms with Crippen molar-refractivity contribution in [1.82, 2.24) is 10.3 Å². The topological polar surface area (TPSA) is 75.0 Å². The normalized spacial score (nSPS) is 9.71. The highest BCUT2D eigenvalue weighted by molar-refractivity contribution is 5.92. The maximum atomic E-state index is 11.7. The van der Waals surface area contributed by atoms with E-state index in [4.69, 9.17) is 10.00 Å². The SMILES string of the molecule is COCCCNC(=O)c1ccc(C#N)c(C)n1. The standard InChI is InChI=1S/C12H15N3O2/c1-9-10(8-13)4-5-11(15-9)12(16)14-6-3-7-17-2/h4-5H,3,6-7H2,1-2H3,(H,14,16). The number of hydrogen-bond acceptors (Lipinski definition) is 4. The van der Waals surface area contributed by atoms with Gasteiger partial charge < -0.3 is 10.1 Å². The van der Waals surface area contributed by atoms with Gasteiger partial charge in [0.25, 0.3) is 5.91 Å². The fourth-order valence-electron chi connectivity index (χ4n) is 1.31. The molecule has 0 aromatic carbocycles. The van der Waals surface area contributed by atoms with E-state index in [2.05, 4.69) is 10.3 Å². The van der Waals surface area contributed by atoms with Crippen molar-refractivity contribution in [2.75, 3.05) is 20.3 Å². The highest BCUT2D eigenvalue weighted by atomic mass is 16.5. The summed E-state index contributed by atoms with van der Waals surface area (Å²) in [6, 6.07) is 5.17. The first-order chi connectivity index (χ1) is 8.19. The van der Waals surface area contributed by atoms with Gasteiger partial charge in [-0.1, -0.05) is 0 Å². The second-order valence-electron chi connectivity index (χ2n) is 3.54. The maximum absolute atomic E-state index is 11.7. The first kappa shape index (κ1) is 13.1. The molecule has 0 aliphatic carbocycles. The van der Waals surface area contributed by atoms with Crippen molar-refractivity contribution in [2.24, 2.45) is 0 Å². The van der Waals surface area contributed by atoms with Gasteiger partial charge in [-0.3, -0.25) is 4.79 Å². The molecule has 1 N–H and O–H groups in total. The van der Waals surface area contributed by atoms with Gasteiger partial charge in [-0.15, -0.1) is 0 Å². The Morgan fingerprint density at radius 2 is 2.35 bits per heavy atom. The average Bonchev–Trinajstić information content (AvgIpc) is 2.34. The van der Waals surface area contributed by atoms with Gasteiger partial charge in [0.2, 0.25) is 0 Å². The number of hydrogen-bond donors (Lipinski definition) is 1. The van der Waals surface area contributed by atoms with Crippen LogP contribution in [0.2, 0.25) is 0 Å². The highest BCUT2D eigenvalue weighted by Gasteiger charge is 2.08. The lowest BCUT2D eigenvalue weighted by Crippen LogP contribution is -2.26. The van der Waals surface area contributed by atoms with Gasteiger partial charge >= 0.3 is 0 Å². The smallest absolute Gasteiger partial charge is 0.269 e. The van der Waals surface area contributed by atoms with Crippen molar-refractivity contribution >= 4 is 5.91 Å². The summed E-state index contributed by atoms with van der Waals surface area (Å²) in [7, 11) is 1.62. The number of rotatable bonds is 5. The van der Waals surface area contributed by atoms with Gasteiger partial charge in [0, 0.05) is 20.3 Å². The van der Waals surface area contributed by atoms with Crippen LogP contribution in [0.5, 0.6) is 0 Å². The van der Waals surface area contributed by atoms with Gasteiger partial charge in [-0.05, 0) is 25.5 Å². The molecule has 0 spiro atoms. The van der Waals surface area contributed by atoms with E-state index >= 15 is 0 Å². The van der Waals surface area contributed by atoms with Crippen molar-refractivity contribution in [3.05, 3.63) is 29.1 Å². The molecule has 0 saturated carbocycles. The number of amides is 1. The lowest BCUT2D eigenvalue weighted by Gasteiger charge is -2.05. The predicted octanol–water partition coefficient (Wildman–Crippen LogP) is 1.03. The van der Waals surface area contributed by atoms with Crippen LogP contribution < -0.4 is 5.32 Å². The van der Waals surface area contributed by atoms with Crippen molar-refractivity contribution < 1.29 is 9.53 Å². The Morgan fingerprint density at radius 3 is 2.94 bits per heavy atom. The van der Waals surface area contributed by atoms with E-state index in [1.807, 2.05) is 6.07 Å². The van der Waals surface area contributed by atoms with Crippen molar-refractivity contribution in [3.8, 4) is 6.07 Å². The molecule has 0 unspecified atom stereocenters. The number of methoxy groups -OCH3 is 1. The minimum atomic E-state index is -0.228. The number of nitrogens with one attached hydrogen (secondary N) is 1. The molecule has 0 aliphatic rings. The molecule has 0 aliphatic heterocycles. The fraction of sp³-hybridized carbons (Fsp3) is 0.417. The number of pyridine rings is 1. The number of nitriles is 1. The molecule has 90 valence electrons. The molecule has 1 rings (SSSR count). The van der Waals surface area contributed by atoms with E-state index in [1.54, 1.807) is 26.2 Å². The summed E-state index contributed by atoms with van der Waals surface area (Å²) in [5.74, 6) is -0.228. The van der Waals surface area contributed by atoms with E-state index in [0.29, 0.717) is 30.1 Å². The first-order valence-corrected chi connectivity index (χ1v) is 5.34. The third-order valence-corrected chi connectivity index (χ3v) is 2.25. The molecular weight excluding hydrogens is 218 g/mol. The Kier molecular flexibility index (Phi) is 5.11. The maximum Gasteiger partial charge on any atom is 0.269 e. The Morgan fingerprint density at radius 1 is 1.59 bits per heavy atom. The minimum absolute atomic E-state index is 0.228. The summed E-state index contributed by atoms with van der Waals surface area (Å²) >= 11 is 0. The van der Waals surface area contributed by atoms with Crippen LogP contribution in [0, 0.1) is 18.3 Å². The molecule has 5 heteroatoms. The monoisotopic (exact) mass is 233 g/mol. The van der Waals surface area contributed by atoms with Crippen LogP contribution in [-0.2, 0) is 4.74 Å². The second-order valence-corrected chi connectivity index (χ2v) is 3.54. The van der Waals surface area contributed by atoms with Crippen LogP contribution in [0.15, 0.2) is 12.1 Å². The Bertz CT molecular complexity index is 438. The van der Waals surface area contributed by atoms with E-state index in [9.17, 15) is 4.79 Å². The van der Waals surface area contributed by atoms with E-state index in [0.717, 1.165) is 6.42 Å². The third kappa shape index (κ3) is 3.85. The van der Waals surface area contributed by atoms with Crippen LogP contribution in [0.3, 0.4) is 0 Å². The van der Waals surface area contributed by atoms with Gasteiger partial charge in [0.05, 0.1) is 11.3 Å². The Balaban J connectivity index is 2.58. The molecular formula is C12H15N3O2. The molecule has 0 radical (unpaired) electrons. The van der Waals surface area contributed by atoms with Crippen LogP contribution in [-0.4, -0.2) is 31.2 Å². The molecule has 1 amide bonds. The average molecular weight is 233 g/mol. The van der Waals surface area contributed by atoms with Crippen molar-refractivity contribution in [3.63, 3.8) is 0 Å². The second kappa shape index (κ2) is 6.61. The van der Waals surface area contributed by atoms with Crippen molar-refractivity contribution in [1.29, 1.82) is 5.26 Å². The summed E-state index contributed by atoms with van der Waals surface area (Å²) < 4.78 is 4.88. The molecule has 0 fully saturated rings. The molecule has 1 heterocycles. The van der Waals surface area contributed by atoms with Gasteiger partial charge in [0.1, 0.15) is 11.8 Å². The van der Waals surface area contributed by atoms with Gasteiger partial charge in [-0.25, -0.2) is 4.98 Å². The zero-order valence-corrected chi connectivity index (χ0v) is 9.99. The number of carbonyl (C=O) groups excluding carboxylic acids is 1. The van der Waals surface area contributed by atoms with Gasteiger partial charge in [-0.2, -0.15) is 5.26 Å². The first-order valence-electron chi connectivity index (χ1n) is 5.34. The molecule has 1 aromatic heterocycles. The minimum Gasteiger partial charge on any atom is -0.385 e. The summed E-state index contributed by atoms with van der Waals surface area (Å²) in [4.78, 5) is 15.7. The Labute approximate surface area is 100 Å². The molecule has 0 saturated heterocycles. The molecule has 17 heavy (non-hydrogen) atoms. The van der Waals surface area contributed by atoms with Crippen LogP contribution in [0.4, 0.5) is 0 Å². The van der Waals surface area contributed by atoms with E-state index in [-0.39, 0.29) is 5.91 Å². The van der Waals surface area contributed by atoms with Crippen molar-refractivity contribution in [2.45, 2.75) is 13.3 Å². The molecule has 0 bridgehead atoms. The summed E-state index contributed by atoms with van der Waals surface area (Å²) in [6.45, 7) is 2.87. The van der Waals surface area contributed by atoms with Crippen LogP contribution >= 0.6 is 0 Å². The van der Waals surface area contributed by atoms with Crippen LogP contribution in [0.25, 0.3) is 0 Å². The Hall–Kier alpha value is -1.93. The lowest BCUT2D eigenvalue weighted by atomic mass is 10.2. The zero-order chi connectivity index (χ0) is 12.7. The number of carbonyl (C=O) groups is 1. The summed E-state index contributed by atoms with van der Waals surface area (Å²) in [5, 5.41) is 11.5. The highest BCUT2D eigenvalue weighted by Crippen LogP contribution is 2.05.